The zero-order valence-electron chi connectivity index (χ0n) is 10.2. The molecule has 2 heterocycles. The van der Waals surface area contributed by atoms with Crippen LogP contribution < -0.4 is 0 Å². The fraction of sp³-hybridized carbons (Fsp3) is 0.0667. The molecule has 0 amide bonds. The van der Waals surface area contributed by atoms with Gasteiger partial charge in [0, 0.05) is 18.3 Å². The van der Waals surface area contributed by atoms with Crippen molar-refractivity contribution < 1.29 is 4.39 Å². The smallest absolute Gasteiger partial charge is 0.126 e. The third kappa shape index (κ3) is 2.52. The third-order valence-electron chi connectivity index (χ3n) is 2.90. The Kier molecular flexibility index (Phi) is 3.06. The Morgan fingerprint density at radius 2 is 1.84 bits per heavy atom. The van der Waals surface area contributed by atoms with Crippen molar-refractivity contribution in [3.8, 4) is 11.4 Å². The summed E-state index contributed by atoms with van der Waals surface area (Å²) >= 11 is 0. The molecule has 3 rings (SSSR count). The fourth-order valence-corrected chi connectivity index (χ4v) is 1.94. The molecule has 2 aromatic heterocycles. The van der Waals surface area contributed by atoms with Crippen molar-refractivity contribution >= 4 is 0 Å². The molecule has 0 spiro atoms. The Hall–Kier alpha value is -2.49. The molecule has 0 saturated carbocycles. The van der Waals surface area contributed by atoms with Gasteiger partial charge in [0.1, 0.15) is 11.5 Å². The molecule has 0 aliphatic rings. The van der Waals surface area contributed by atoms with Gasteiger partial charge in [-0.05, 0) is 29.8 Å². The predicted octanol–water partition coefficient (Wildman–Crippen LogP) is 3.20. The lowest BCUT2D eigenvalue weighted by atomic mass is 10.1. The Bertz CT molecular complexity index is 677. The van der Waals surface area contributed by atoms with Gasteiger partial charge in [0.15, 0.2) is 0 Å². The molecule has 1 N–H and O–H groups in total. The second-order valence-corrected chi connectivity index (χ2v) is 4.26. The highest BCUT2D eigenvalue weighted by molar-refractivity contribution is 5.53. The van der Waals surface area contributed by atoms with Crippen molar-refractivity contribution in [2.75, 3.05) is 0 Å². The van der Waals surface area contributed by atoms with Crippen LogP contribution in [-0.2, 0) is 6.42 Å². The lowest BCUT2D eigenvalue weighted by Crippen LogP contribution is -1.92. The highest BCUT2D eigenvalue weighted by atomic mass is 19.1. The van der Waals surface area contributed by atoms with Crippen molar-refractivity contribution in [3.63, 3.8) is 0 Å². The van der Waals surface area contributed by atoms with Gasteiger partial charge >= 0.3 is 0 Å². The number of aromatic amines is 1. The van der Waals surface area contributed by atoms with E-state index in [1.165, 1.54) is 6.07 Å². The summed E-state index contributed by atoms with van der Waals surface area (Å²) in [6, 6.07) is 14.3. The first-order valence-corrected chi connectivity index (χ1v) is 6.02. The monoisotopic (exact) mass is 253 g/mol. The number of hydrogen-bond donors (Lipinski definition) is 1. The number of nitrogens with zero attached hydrogens (tertiary/aromatic N) is 2. The average molecular weight is 253 g/mol. The Balaban J connectivity index is 1.85. The maximum Gasteiger partial charge on any atom is 0.126 e. The van der Waals surface area contributed by atoms with Gasteiger partial charge in [-0.25, -0.2) is 4.39 Å². The Morgan fingerprint density at radius 3 is 2.63 bits per heavy atom. The van der Waals surface area contributed by atoms with E-state index >= 15 is 0 Å². The molecular formula is C15H12FN3. The number of hydrogen-bond acceptors (Lipinski definition) is 2. The Labute approximate surface area is 110 Å². The first-order valence-electron chi connectivity index (χ1n) is 6.02. The van der Waals surface area contributed by atoms with Gasteiger partial charge in [-0.3, -0.25) is 10.1 Å². The van der Waals surface area contributed by atoms with Crippen molar-refractivity contribution in [3.05, 3.63) is 71.8 Å². The van der Waals surface area contributed by atoms with Crippen LogP contribution in [0.1, 0.15) is 11.3 Å². The summed E-state index contributed by atoms with van der Waals surface area (Å²) in [5.41, 5.74) is 3.09. The van der Waals surface area contributed by atoms with Crippen LogP contribution in [0.2, 0.25) is 0 Å². The van der Waals surface area contributed by atoms with Gasteiger partial charge in [-0.2, -0.15) is 5.10 Å². The summed E-state index contributed by atoms with van der Waals surface area (Å²) in [5, 5.41) is 7.13. The molecule has 19 heavy (non-hydrogen) atoms. The molecule has 0 atom stereocenters. The van der Waals surface area contributed by atoms with Gasteiger partial charge < -0.3 is 0 Å². The molecule has 3 aromatic rings. The fourth-order valence-electron chi connectivity index (χ4n) is 1.94. The molecule has 3 nitrogen and oxygen atoms in total. The summed E-state index contributed by atoms with van der Waals surface area (Å²) < 4.78 is 13.6. The lowest BCUT2D eigenvalue weighted by Gasteiger charge is -1.99. The van der Waals surface area contributed by atoms with Gasteiger partial charge in [-0.1, -0.05) is 24.3 Å². The van der Waals surface area contributed by atoms with Crippen LogP contribution in [0.15, 0.2) is 54.7 Å². The van der Waals surface area contributed by atoms with Crippen molar-refractivity contribution in [1.82, 2.24) is 15.2 Å². The minimum absolute atomic E-state index is 0.198. The SMILES string of the molecule is Fc1ccccc1Cc1cc(-c2ccccn2)n[nH]1. The predicted molar refractivity (Wildman–Crippen MR) is 71.0 cm³/mol. The quantitative estimate of drug-likeness (QED) is 0.778. The lowest BCUT2D eigenvalue weighted by molar-refractivity contribution is 0.613. The summed E-state index contributed by atoms with van der Waals surface area (Å²) in [6.45, 7) is 0. The first kappa shape index (κ1) is 11.6. The second-order valence-electron chi connectivity index (χ2n) is 4.26. The number of pyridine rings is 1. The summed E-state index contributed by atoms with van der Waals surface area (Å²) in [4.78, 5) is 4.23. The molecule has 0 fully saturated rings. The minimum Gasteiger partial charge on any atom is -0.282 e. The molecule has 94 valence electrons. The molecule has 1 aromatic carbocycles. The van der Waals surface area contributed by atoms with Crippen LogP contribution in [0.4, 0.5) is 4.39 Å². The highest BCUT2D eigenvalue weighted by Gasteiger charge is 2.07. The number of nitrogens with one attached hydrogen (secondary N) is 1. The number of aromatic nitrogens is 3. The zero-order chi connectivity index (χ0) is 13.1. The minimum atomic E-state index is -0.198. The summed E-state index contributed by atoms with van der Waals surface area (Å²) in [5.74, 6) is -0.198. The van der Waals surface area contributed by atoms with E-state index in [4.69, 9.17) is 0 Å². The maximum absolute atomic E-state index is 13.6. The summed E-state index contributed by atoms with van der Waals surface area (Å²) in [7, 11) is 0. The van der Waals surface area contributed by atoms with Crippen LogP contribution in [-0.4, -0.2) is 15.2 Å². The number of H-pyrrole nitrogens is 1. The molecule has 0 aliphatic carbocycles. The average Bonchev–Trinajstić information content (AvgIpc) is 2.91. The van der Waals surface area contributed by atoms with Gasteiger partial charge in [0.2, 0.25) is 0 Å². The van der Waals surface area contributed by atoms with E-state index in [2.05, 4.69) is 15.2 Å². The van der Waals surface area contributed by atoms with Gasteiger partial charge in [0.25, 0.3) is 0 Å². The van der Waals surface area contributed by atoms with Crippen LogP contribution >= 0.6 is 0 Å². The number of rotatable bonds is 3. The van der Waals surface area contributed by atoms with Crippen LogP contribution in [0, 0.1) is 5.82 Å². The van der Waals surface area contributed by atoms with E-state index in [9.17, 15) is 4.39 Å². The molecule has 0 aliphatic heterocycles. The van der Waals surface area contributed by atoms with E-state index in [1.54, 1.807) is 18.3 Å². The van der Waals surface area contributed by atoms with Crippen LogP contribution in [0.25, 0.3) is 11.4 Å². The van der Waals surface area contributed by atoms with Crippen LogP contribution in [0.5, 0.6) is 0 Å². The molecule has 4 heteroatoms. The molecule has 0 radical (unpaired) electrons. The normalized spacial score (nSPS) is 10.6. The van der Waals surface area contributed by atoms with Crippen molar-refractivity contribution in [2.24, 2.45) is 0 Å². The third-order valence-corrected chi connectivity index (χ3v) is 2.90. The Morgan fingerprint density at radius 1 is 1.00 bits per heavy atom. The first-order chi connectivity index (χ1) is 9.33. The topological polar surface area (TPSA) is 41.6 Å². The van der Waals surface area contributed by atoms with E-state index in [1.807, 2.05) is 30.3 Å². The van der Waals surface area contributed by atoms with E-state index < -0.39 is 0 Å². The van der Waals surface area contributed by atoms with E-state index in [0.29, 0.717) is 12.0 Å². The number of halogens is 1. The second kappa shape index (κ2) is 5.02. The molecular weight excluding hydrogens is 241 g/mol. The van der Waals surface area contributed by atoms with E-state index in [0.717, 1.165) is 17.1 Å². The van der Waals surface area contributed by atoms with Gasteiger partial charge in [0.05, 0.1) is 5.69 Å². The largest absolute Gasteiger partial charge is 0.282 e. The zero-order valence-corrected chi connectivity index (χ0v) is 10.2. The van der Waals surface area contributed by atoms with E-state index in [-0.39, 0.29) is 5.82 Å². The molecule has 0 bridgehead atoms. The standard InChI is InChI=1S/C15H12FN3/c16-13-6-2-1-5-11(13)9-12-10-15(19-18-12)14-7-3-4-8-17-14/h1-8,10H,9H2,(H,18,19). The number of benzene rings is 1. The maximum atomic E-state index is 13.6. The van der Waals surface area contributed by atoms with Gasteiger partial charge in [-0.15, -0.1) is 0 Å². The van der Waals surface area contributed by atoms with Crippen molar-refractivity contribution in [2.45, 2.75) is 6.42 Å². The van der Waals surface area contributed by atoms with Crippen LogP contribution in [0.3, 0.4) is 0 Å². The highest BCUT2D eigenvalue weighted by Crippen LogP contribution is 2.17. The molecule has 0 saturated heterocycles. The summed E-state index contributed by atoms with van der Waals surface area (Å²) in [6.07, 6.45) is 2.22. The van der Waals surface area contributed by atoms with Crippen molar-refractivity contribution in [1.29, 1.82) is 0 Å². The molecule has 0 unspecified atom stereocenters.